The minimum absolute atomic E-state index is 0.115. The second-order valence-corrected chi connectivity index (χ2v) is 6.77. The van der Waals surface area contributed by atoms with Crippen LogP contribution >= 0.6 is 27.3 Å². The van der Waals surface area contributed by atoms with Gasteiger partial charge >= 0.3 is 0 Å². The Labute approximate surface area is 138 Å². The van der Waals surface area contributed by atoms with Crippen LogP contribution in [0, 0.1) is 0 Å². The molecule has 3 nitrogen and oxygen atoms in total. The van der Waals surface area contributed by atoms with E-state index in [1.54, 1.807) is 11.3 Å². The number of benzene rings is 1. The van der Waals surface area contributed by atoms with E-state index in [9.17, 15) is 0 Å². The molecule has 0 saturated heterocycles. The van der Waals surface area contributed by atoms with Gasteiger partial charge in [-0.05, 0) is 65.3 Å². The third-order valence-corrected chi connectivity index (χ3v) is 4.30. The highest BCUT2D eigenvalue weighted by Crippen LogP contribution is 2.38. The summed E-state index contributed by atoms with van der Waals surface area (Å²) in [5, 5.41) is 2.04. The molecular formula is C16H20BrNO2S. The van der Waals surface area contributed by atoms with Crippen LogP contribution in [0.2, 0.25) is 0 Å². The molecule has 0 aliphatic heterocycles. The third kappa shape index (κ3) is 4.73. The van der Waals surface area contributed by atoms with Crippen molar-refractivity contribution in [2.24, 2.45) is 5.73 Å². The maximum absolute atomic E-state index is 5.93. The van der Waals surface area contributed by atoms with Crippen LogP contribution in [0.4, 0.5) is 0 Å². The van der Waals surface area contributed by atoms with Crippen LogP contribution in [0.3, 0.4) is 0 Å². The minimum atomic E-state index is 0.115. The summed E-state index contributed by atoms with van der Waals surface area (Å²) < 4.78 is 12.6. The van der Waals surface area contributed by atoms with E-state index in [0.29, 0.717) is 13.2 Å². The van der Waals surface area contributed by atoms with Gasteiger partial charge in [-0.25, -0.2) is 0 Å². The van der Waals surface area contributed by atoms with E-state index in [0.717, 1.165) is 28.0 Å². The Morgan fingerprint density at radius 1 is 1.33 bits per heavy atom. The van der Waals surface area contributed by atoms with Crippen molar-refractivity contribution in [3.05, 3.63) is 44.6 Å². The molecule has 2 N–H and O–H groups in total. The molecule has 5 heteroatoms. The lowest BCUT2D eigenvalue weighted by atomic mass is 10.1. The average Bonchev–Trinajstić information content (AvgIpc) is 2.90. The molecule has 0 bridgehead atoms. The summed E-state index contributed by atoms with van der Waals surface area (Å²) in [6.45, 7) is 5.11. The predicted octanol–water partition coefficient (Wildman–Crippen LogP) is 4.38. The molecule has 0 spiro atoms. The number of hydrogen-bond donors (Lipinski definition) is 1. The first-order valence-corrected chi connectivity index (χ1v) is 8.63. The number of rotatable bonds is 7. The molecule has 2 aromatic rings. The van der Waals surface area contributed by atoms with Crippen molar-refractivity contribution in [1.29, 1.82) is 0 Å². The lowest BCUT2D eigenvalue weighted by Crippen LogP contribution is -2.17. The molecule has 1 atom stereocenters. The SMILES string of the molecule is CCOc1cc(CC(C)N)cc(Br)c1OCc1cccs1. The van der Waals surface area contributed by atoms with Gasteiger partial charge in [0.1, 0.15) is 6.61 Å². The zero-order chi connectivity index (χ0) is 15.2. The molecular weight excluding hydrogens is 350 g/mol. The van der Waals surface area contributed by atoms with Crippen molar-refractivity contribution in [2.75, 3.05) is 6.61 Å². The maximum Gasteiger partial charge on any atom is 0.175 e. The van der Waals surface area contributed by atoms with Gasteiger partial charge in [-0.2, -0.15) is 0 Å². The van der Waals surface area contributed by atoms with Gasteiger partial charge in [0.25, 0.3) is 0 Å². The van der Waals surface area contributed by atoms with E-state index < -0.39 is 0 Å². The van der Waals surface area contributed by atoms with Crippen molar-refractivity contribution >= 4 is 27.3 Å². The number of ether oxygens (including phenoxy) is 2. The Balaban J connectivity index is 2.21. The largest absolute Gasteiger partial charge is 0.490 e. The fourth-order valence-electron chi connectivity index (χ4n) is 2.05. The molecule has 21 heavy (non-hydrogen) atoms. The second-order valence-electron chi connectivity index (χ2n) is 4.89. The molecule has 0 radical (unpaired) electrons. The first-order chi connectivity index (χ1) is 10.1. The van der Waals surface area contributed by atoms with Crippen LogP contribution in [0.5, 0.6) is 11.5 Å². The summed E-state index contributed by atoms with van der Waals surface area (Å²) in [6, 6.07) is 8.26. The third-order valence-electron chi connectivity index (χ3n) is 2.87. The van der Waals surface area contributed by atoms with Crippen LogP contribution in [0.15, 0.2) is 34.1 Å². The van der Waals surface area contributed by atoms with Gasteiger partial charge in [-0.1, -0.05) is 6.07 Å². The van der Waals surface area contributed by atoms with Gasteiger partial charge in [0, 0.05) is 10.9 Å². The van der Waals surface area contributed by atoms with E-state index in [1.807, 2.05) is 31.4 Å². The Kier molecular flexibility index (Phi) is 6.08. The first-order valence-electron chi connectivity index (χ1n) is 6.96. The summed E-state index contributed by atoms with van der Waals surface area (Å²) in [4.78, 5) is 1.18. The predicted molar refractivity (Wildman–Crippen MR) is 91.3 cm³/mol. The van der Waals surface area contributed by atoms with Crippen molar-refractivity contribution in [3.8, 4) is 11.5 Å². The molecule has 0 saturated carbocycles. The van der Waals surface area contributed by atoms with Gasteiger partial charge in [0.05, 0.1) is 11.1 Å². The highest BCUT2D eigenvalue weighted by Gasteiger charge is 2.13. The molecule has 2 rings (SSSR count). The van der Waals surface area contributed by atoms with Gasteiger partial charge in [-0.15, -0.1) is 11.3 Å². The molecule has 1 aromatic heterocycles. The van der Waals surface area contributed by atoms with Crippen molar-refractivity contribution < 1.29 is 9.47 Å². The molecule has 1 aromatic carbocycles. The zero-order valence-corrected chi connectivity index (χ0v) is 14.7. The lowest BCUT2D eigenvalue weighted by molar-refractivity contribution is 0.269. The van der Waals surface area contributed by atoms with Gasteiger partial charge in [0.2, 0.25) is 0 Å². The van der Waals surface area contributed by atoms with E-state index >= 15 is 0 Å². The monoisotopic (exact) mass is 369 g/mol. The smallest absolute Gasteiger partial charge is 0.175 e. The van der Waals surface area contributed by atoms with E-state index in [2.05, 4.69) is 28.1 Å². The first kappa shape index (κ1) is 16.3. The van der Waals surface area contributed by atoms with Gasteiger partial charge in [0.15, 0.2) is 11.5 Å². The summed E-state index contributed by atoms with van der Waals surface area (Å²) in [6.07, 6.45) is 0.809. The van der Waals surface area contributed by atoms with E-state index in [1.165, 1.54) is 4.88 Å². The Morgan fingerprint density at radius 3 is 2.76 bits per heavy atom. The molecule has 1 unspecified atom stereocenters. The van der Waals surface area contributed by atoms with Gasteiger partial charge in [-0.3, -0.25) is 0 Å². The highest BCUT2D eigenvalue weighted by molar-refractivity contribution is 9.10. The Bertz CT molecular complexity index is 570. The highest BCUT2D eigenvalue weighted by atomic mass is 79.9. The summed E-state index contributed by atoms with van der Waals surface area (Å²) in [5.74, 6) is 1.51. The van der Waals surface area contributed by atoms with Crippen LogP contribution in [0.25, 0.3) is 0 Å². The fraction of sp³-hybridized carbons (Fsp3) is 0.375. The van der Waals surface area contributed by atoms with Crippen LogP contribution in [0.1, 0.15) is 24.3 Å². The van der Waals surface area contributed by atoms with Crippen LogP contribution in [-0.2, 0) is 13.0 Å². The Morgan fingerprint density at radius 2 is 2.14 bits per heavy atom. The Hall–Kier alpha value is -1.04. The maximum atomic E-state index is 5.93. The van der Waals surface area contributed by atoms with Crippen LogP contribution < -0.4 is 15.2 Å². The van der Waals surface area contributed by atoms with Crippen LogP contribution in [-0.4, -0.2) is 12.6 Å². The fourth-order valence-corrected chi connectivity index (χ4v) is 3.27. The quantitative estimate of drug-likeness (QED) is 0.787. The standard InChI is InChI=1S/C16H20BrNO2S/c1-3-19-15-9-12(7-11(2)18)8-14(17)16(15)20-10-13-5-4-6-21-13/h4-6,8-9,11H,3,7,10,18H2,1-2H3. The summed E-state index contributed by atoms with van der Waals surface area (Å²) in [7, 11) is 0. The number of hydrogen-bond acceptors (Lipinski definition) is 4. The molecule has 1 heterocycles. The molecule has 0 fully saturated rings. The lowest BCUT2D eigenvalue weighted by Gasteiger charge is -2.16. The number of nitrogens with two attached hydrogens (primary N) is 1. The molecule has 0 amide bonds. The van der Waals surface area contributed by atoms with Crippen molar-refractivity contribution in [3.63, 3.8) is 0 Å². The average molecular weight is 370 g/mol. The summed E-state index contributed by atoms with van der Waals surface area (Å²) in [5.41, 5.74) is 7.02. The van der Waals surface area contributed by atoms with E-state index in [-0.39, 0.29) is 6.04 Å². The molecule has 0 aliphatic carbocycles. The topological polar surface area (TPSA) is 44.5 Å². The number of halogens is 1. The number of thiophene rings is 1. The molecule has 0 aliphatic rings. The second kappa shape index (κ2) is 7.82. The van der Waals surface area contributed by atoms with Crippen molar-refractivity contribution in [2.45, 2.75) is 32.9 Å². The molecule has 114 valence electrons. The zero-order valence-electron chi connectivity index (χ0n) is 12.3. The van der Waals surface area contributed by atoms with Crippen molar-refractivity contribution in [1.82, 2.24) is 0 Å². The van der Waals surface area contributed by atoms with E-state index in [4.69, 9.17) is 15.2 Å². The minimum Gasteiger partial charge on any atom is -0.490 e. The normalized spacial score (nSPS) is 12.2. The van der Waals surface area contributed by atoms with Gasteiger partial charge < -0.3 is 15.2 Å². The summed E-state index contributed by atoms with van der Waals surface area (Å²) >= 11 is 5.26.